The average Bonchev–Trinajstić information content (AvgIpc) is 2.75. The molecule has 0 fully saturated rings. The van der Waals surface area contributed by atoms with E-state index in [1.165, 1.54) is 51.4 Å². The molecule has 0 unspecified atom stereocenters. The van der Waals surface area contributed by atoms with Gasteiger partial charge in [-0.15, -0.1) is 0 Å². The molecule has 5 heteroatoms. The molecule has 1 N–H and O–H groups in total. The van der Waals surface area contributed by atoms with Gasteiger partial charge in [-0.2, -0.15) is 0 Å². The molecule has 0 saturated heterocycles. The third-order valence-electron chi connectivity index (χ3n) is 5.01. The van der Waals surface area contributed by atoms with Gasteiger partial charge in [-0.05, 0) is 54.8 Å². The van der Waals surface area contributed by atoms with Crippen molar-refractivity contribution >= 4 is 23.3 Å². The summed E-state index contributed by atoms with van der Waals surface area (Å²) in [4.78, 5) is 10.7. The van der Waals surface area contributed by atoms with Crippen LogP contribution in [-0.2, 0) is 0 Å². The Morgan fingerprint density at radius 2 is 1.35 bits per heavy atom. The molecule has 2 rings (SSSR count). The van der Waals surface area contributed by atoms with E-state index in [-0.39, 0.29) is 35.1 Å². The van der Waals surface area contributed by atoms with Gasteiger partial charge in [0.25, 0.3) is 0 Å². The van der Waals surface area contributed by atoms with Crippen LogP contribution in [-0.4, -0.2) is 12.5 Å². The van der Waals surface area contributed by atoms with Crippen LogP contribution in [0.15, 0.2) is 48.5 Å². The van der Waals surface area contributed by atoms with E-state index in [0.717, 1.165) is 35.7 Å². The van der Waals surface area contributed by atoms with Crippen molar-refractivity contribution in [3.63, 3.8) is 0 Å². The standard InChI is InChI=1S/C26H32ClNO2.Na/c27-24-17-13-22(14-18-24)12-10-8-6-4-2-1-3-5-7-9-11-21-28-25-19-15-23(16-20-25)26(29)30;/h13-20,28H,1-9,11,21H2,(H,29,30);/q;+1/p-1. The summed E-state index contributed by atoms with van der Waals surface area (Å²) >= 11 is 5.87. The summed E-state index contributed by atoms with van der Waals surface area (Å²) in [5.41, 5.74) is 2.20. The molecule has 160 valence electrons. The number of carboxylic acid groups (broad SMARTS) is 1. The quantitative estimate of drug-likeness (QED) is 0.291. The van der Waals surface area contributed by atoms with E-state index in [9.17, 15) is 9.90 Å². The Labute approximate surface area is 214 Å². The van der Waals surface area contributed by atoms with E-state index < -0.39 is 5.97 Å². The van der Waals surface area contributed by atoms with Crippen molar-refractivity contribution in [1.29, 1.82) is 0 Å². The van der Waals surface area contributed by atoms with Crippen LogP contribution >= 0.6 is 11.6 Å². The first-order chi connectivity index (χ1) is 14.6. The molecule has 0 saturated carbocycles. The Bertz CT molecular complexity index is 810. The van der Waals surface area contributed by atoms with Gasteiger partial charge in [0, 0.05) is 29.2 Å². The molecule has 0 aliphatic heterocycles. The van der Waals surface area contributed by atoms with Gasteiger partial charge in [-0.3, -0.25) is 0 Å². The minimum Gasteiger partial charge on any atom is -0.545 e. The van der Waals surface area contributed by atoms with E-state index >= 15 is 0 Å². The number of carboxylic acids is 1. The number of aromatic carboxylic acids is 1. The second-order valence-corrected chi connectivity index (χ2v) is 7.97. The summed E-state index contributed by atoms with van der Waals surface area (Å²) in [5, 5.41) is 14.8. The number of hydrogen-bond donors (Lipinski definition) is 1. The van der Waals surface area contributed by atoms with E-state index in [2.05, 4.69) is 17.2 Å². The van der Waals surface area contributed by atoms with Crippen LogP contribution in [0.4, 0.5) is 5.69 Å². The zero-order valence-electron chi connectivity index (χ0n) is 18.6. The van der Waals surface area contributed by atoms with E-state index in [1.807, 2.05) is 24.3 Å². The van der Waals surface area contributed by atoms with E-state index in [1.54, 1.807) is 24.3 Å². The Morgan fingerprint density at radius 1 is 0.806 bits per heavy atom. The monoisotopic (exact) mass is 447 g/mol. The fraction of sp³-hybridized carbons (Fsp3) is 0.423. The van der Waals surface area contributed by atoms with Gasteiger partial charge in [0.1, 0.15) is 0 Å². The van der Waals surface area contributed by atoms with Gasteiger partial charge in [-0.25, -0.2) is 0 Å². The molecule has 2 aromatic carbocycles. The summed E-state index contributed by atoms with van der Waals surface area (Å²) in [5.74, 6) is 5.29. The fourth-order valence-electron chi connectivity index (χ4n) is 3.23. The number of carbonyl (C=O) groups is 1. The smallest absolute Gasteiger partial charge is 0.545 e. The summed E-state index contributed by atoms with van der Waals surface area (Å²) in [7, 11) is 0. The van der Waals surface area contributed by atoms with Crippen LogP contribution in [0.2, 0.25) is 5.02 Å². The summed E-state index contributed by atoms with van der Waals surface area (Å²) < 4.78 is 0. The summed E-state index contributed by atoms with van der Waals surface area (Å²) in [6.07, 6.45) is 12.3. The topological polar surface area (TPSA) is 52.2 Å². The van der Waals surface area contributed by atoms with Crippen molar-refractivity contribution in [2.75, 3.05) is 11.9 Å². The van der Waals surface area contributed by atoms with Crippen molar-refractivity contribution < 1.29 is 39.5 Å². The maximum atomic E-state index is 10.7. The number of hydrogen-bond acceptors (Lipinski definition) is 3. The Hall–Kier alpha value is -1.44. The molecular formula is C26H31ClNNaO2. The van der Waals surface area contributed by atoms with E-state index in [4.69, 9.17) is 11.6 Å². The van der Waals surface area contributed by atoms with Crippen LogP contribution < -0.4 is 40.0 Å². The Balaban J connectivity index is 0.00000480. The first-order valence-electron chi connectivity index (χ1n) is 10.9. The maximum absolute atomic E-state index is 10.7. The number of halogens is 1. The van der Waals surface area contributed by atoms with E-state index in [0.29, 0.717) is 0 Å². The van der Waals surface area contributed by atoms with Gasteiger partial charge in [-0.1, -0.05) is 80.5 Å². The van der Waals surface area contributed by atoms with Crippen molar-refractivity contribution in [1.82, 2.24) is 0 Å². The van der Waals surface area contributed by atoms with Crippen molar-refractivity contribution in [3.8, 4) is 11.8 Å². The second-order valence-electron chi connectivity index (χ2n) is 7.53. The molecule has 3 nitrogen and oxygen atoms in total. The minimum atomic E-state index is -1.13. The third kappa shape index (κ3) is 12.9. The molecule has 2 aromatic rings. The number of rotatable bonds is 13. The Morgan fingerprint density at radius 3 is 1.94 bits per heavy atom. The normalized spacial score (nSPS) is 9.97. The van der Waals surface area contributed by atoms with Crippen LogP contribution in [0.3, 0.4) is 0 Å². The minimum absolute atomic E-state index is 0. The van der Waals surface area contributed by atoms with Gasteiger partial charge in [0.15, 0.2) is 0 Å². The summed E-state index contributed by atoms with van der Waals surface area (Å²) in [6, 6.07) is 14.4. The maximum Gasteiger partial charge on any atom is 1.00 e. The van der Waals surface area contributed by atoms with Crippen LogP contribution in [0.25, 0.3) is 0 Å². The molecular weight excluding hydrogens is 417 g/mol. The molecule has 0 aliphatic carbocycles. The first kappa shape index (κ1) is 27.6. The zero-order valence-corrected chi connectivity index (χ0v) is 21.3. The number of benzene rings is 2. The van der Waals surface area contributed by atoms with Gasteiger partial charge >= 0.3 is 29.6 Å². The molecule has 31 heavy (non-hydrogen) atoms. The number of nitrogens with one attached hydrogen (secondary N) is 1. The van der Waals surface area contributed by atoms with Gasteiger partial charge in [0.05, 0.1) is 5.97 Å². The zero-order chi connectivity index (χ0) is 21.4. The largest absolute Gasteiger partial charge is 1.00 e. The molecule has 0 radical (unpaired) electrons. The number of anilines is 1. The molecule has 0 spiro atoms. The SMILES string of the molecule is O=C([O-])c1ccc(NCCCCCCCCCCCC#Cc2ccc(Cl)cc2)cc1.[Na+]. The van der Waals surface area contributed by atoms with Crippen molar-refractivity contribution in [2.24, 2.45) is 0 Å². The van der Waals surface area contributed by atoms with Crippen molar-refractivity contribution in [2.45, 2.75) is 64.2 Å². The molecule has 0 aliphatic rings. The van der Waals surface area contributed by atoms with Crippen LogP contribution in [0.5, 0.6) is 0 Å². The van der Waals surface area contributed by atoms with Crippen LogP contribution in [0.1, 0.15) is 80.1 Å². The predicted octanol–water partition coefficient (Wildman–Crippen LogP) is 3.07. The number of unbranched alkanes of at least 4 members (excludes halogenated alkanes) is 9. The Kier molecular flexibility index (Phi) is 15.3. The van der Waals surface area contributed by atoms with Crippen molar-refractivity contribution in [3.05, 3.63) is 64.7 Å². The fourth-order valence-corrected chi connectivity index (χ4v) is 3.36. The average molecular weight is 448 g/mol. The third-order valence-corrected chi connectivity index (χ3v) is 5.26. The second kappa shape index (κ2) is 17.2. The molecule has 0 aromatic heterocycles. The first-order valence-corrected chi connectivity index (χ1v) is 11.3. The molecule has 0 amide bonds. The van der Waals surface area contributed by atoms with Gasteiger partial charge in [0.2, 0.25) is 0 Å². The number of carbonyl (C=O) groups excluding carboxylic acids is 1. The predicted molar refractivity (Wildman–Crippen MR) is 124 cm³/mol. The van der Waals surface area contributed by atoms with Gasteiger partial charge < -0.3 is 15.2 Å². The molecule has 0 atom stereocenters. The molecule has 0 heterocycles. The molecule has 0 bridgehead atoms. The van der Waals surface area contributed by atoms with Crippen LogP contribution in [0, 0.1) is 11.8 Å². The summed E-state index contributed by atoms with van der Waals surface area (Å²) in [6.45, 7) is 0.918.